The van der Waals surface area contributed by atoms with E-state index in [1.54, 1.807) is 0 Å². The lowest BCUT2D eigenvalue weighted by molar-refractivity contribution is 0.141. The topological polar surface area (TPSA) is 53.1 Å². The van der Waals surface area contributed by atoms with Gasteiger partial charge in [-0.15, -0.1) is 0 Å². The van der Waals surface area contributed by atoms with E-state index < -0.39 is 23.3 Å². The average molecular weight is 240 g/mol. The van der Waals surface area contributed by atoms with Gasteiger partial charge < -0.3 is 10.1 Å². The Morgan fingerprint density at radius 2 is 2.17 bits per heavy atom. The highest BCUT2D eigenvalue weighted by atomic mass is 79.9. The van der Waals surface area contributed by atoms with Crippen LogP contribution in [0.2, 0.25) is 0 Å². The van der Waals surface area contributed by atoms with Crippen molar-refractivity contribution in [2.45, 2.75) is 6.43 Å². The second kappa shape index (κ2) is 3.22. The molecule has 0 amide bonds. The van der Waals surface area contributed by atoms with Crippen LogP contribution in [0.15, 0.2) is 15.5 Å². The molecule has 0 aromatic carbocycles. The fraction of sp³-hybridized carbons (Fsp3) is 0.167. The fourth-order valence-corrected chi connectivity index (χ4v) is 0.979. The fourth-order valence-electron chi connectivity index (χ4n) is 0.677. The second-order valence-electron chi connectivity index (χ2n) is 2.03. The first-order chi connectivity index (χ1) is 5.54. The van der Waals surface area contributed by atoms with E-state index in [1.807, 2.05) is 0 Å². The van der Waals surface area contributed by atoms with Crippen LogP contribution < -0.4 is 5.43 Å². The Balaban J connectivity index is 3.37. The van der Waals surface area contributed by atoms with Crippen molar-refractivity contribution in [1.82, 2.24) is 4.98 Å². The normalized spacial score (nSPS) is 10.7. The van der Waals surface area contributed by atoms with Gasteiger partial charge in [-0.3, -0.25) is 4.79 Å². The lowest BCUT2D eigenvalue weighted by Gasteiger charge is -2.01. The maximum atomic E-state index is 12.0. The van der Waals surface area contributed by atoms with Crippen molar-refractivity contribution in [2.75, 3.05) is 0 Å². The predicted molar refractivity (Wildman–Crippen MR) is 41.4 cm³/mol. The molecule has 66 valence electrons. The van der Waals surface area contributed by atoms with Crippen molar-refractivity contribution < 1.29 is 13.9 Å². The van der Waals surface area contributed by atoms with E-state index in [4.69, 9.17) is 5.11 Å². The molecule has 1 rings (SSSR count). The van der Waals surface area contributed by atoms with Gasteiger partial charge in [-0.2, -0.15) is 0 Å². The molecular weight excluding hydrogens is 236 g/mol. The highest BCUT2D eigenvalue weighted by molar-refractivity contribution is 9.10. The maximum absolute atomic E-state index is 12.0. The summed E-state index contributed by atoms with van der Waals surface area (Å²) < 4.78 is 24.0. The van der Waals surface area contributed by atoms with E-state index in [1.165, 1.54) is 0 Å². The third-order valence-corrected chi connectivity index (χ3v) is 1.85. The number of hydrogen-bond donors (Lipinski definition) is 2. The molecule has 0 spiro atoms. The number of pyridine rings is 1. The summed E-state index contributed by atoms with van der Waals surface area (Å²) in [5.74, 6) is -0.945. The van der Waals surface area contributed by atoms with Crippen LogP contribution in [0.1, 0.15) is 12.1 Å². The first kappa shape index (κ1) is 9.18. The SMILES string of the molecule is O=c1c(Br)c[nH]c(C(F)F)c1O. The smallest absolute Gasteiger partial charge is 0.282 e. The highest BCUT2D eigenvalue weighted by Gasteiger charge is 2.16. The number of H-pyrrole nitrogens is 1. The third-order valence-electron chi connectivity index (χ3n) is 1.26. The van der Waals surface area contributed by atoms with Gasteiger partial charge >= 0.3 is 0 Å². The predicted octanol–water partition coefficient (Wildman–Crippen LogP) is 1.78. The molecule has 0 aliphatic carbocycles. The molecule has 0 saturated carbocycles. The molecule has 12 heavy (non-hydrogen) atoms. The van der Waals surface area contributed by atoms with Crippen LogP contribution >= 0.6 is 15.9 Å². The van der Waals surface area contributed by atoms with Gasteiger partial charge in [-0.25, -0.2) is 8.78 Å². The van der Waals surface area contributed by atoms with Crippen LogP contribution in [0.5, 0.6) is 5.75 Å². The first-order valence-electron chi connectivity index (χ1n) is 2.92. The van der Waals surface area contributed by atoms with Crippen molar-refractivity contribution in [1.29, 1.82) is 0 Å². The molecule has 3 nitrogen and oxygen atoms in total. The van der Waals surface area contributed by atoms with E-state index >= 15 is 0 Å². The zero-order valence-electron chi connectivity index (χ0n) is 5.64. The minimum Gasteiger partial charge on any atom is -0.503 e. The Morgan fingerprint density at radius 3 is 2.67 bits per heavy atom. The van der Waals surface area contributed by atoms with E-state index in [2.05, 4.69) is 20.9 Å². The van der Waals surface area contributed by atoms with Crippen molar-refractivity contribution >= 4 is 15.9 Å². The van der Waals surface area contributed by atoms with Crippen LogP contribution in [0, 0.1) is 0 Å². The van der Waals surface area contributed by atoms with Gasteiger partial charge in [-0.05, 0) is 15.9 Å². The Bertz CT molecular complexity index is 350. The van der Waals surface area contributed by atoms with Crippen LogP contribution in [-0.4, -0.2) is 10.1 Å². The number of aromatic hydroxyl groups is 1. The summed E-state index contributed by atoms with van der Waals surface area (Å²) in [6, 6.07) is 0. The molecule has 0 bridgehead atoms. The van der Waals surface area contributed by atoms with Gasteiger partial charge in [0.15, 0.2) is 5.75 Å². The standard InChI is InChI=1S/C6H4BrF2NO2/c7-2-1-10-3(6(8)9)5(12)4(2)11/h1,6,12H,(H,10,11). The summed E-state index contributed by atoms with van der Waals surface area (Å²) in [4.78, 5) is 12.9. The molecule has 0 fully saturated rings. The summed E-state index contributed by atoms with van der Waals surface area (Å²) >= 11 is 2.78. The van der Waals surface area contributed by atoms with Crippen molar-refractivity contribution in [3.8, 4) is 5.75 Å². The monoisotopic (exact) mass is 239 g/mol. The largest absolute Gasteiger partial charge is 0.503 e. The van der Waals surface area contributed by atoms with Gasteiger partial charge in [0, 0.05) is 6.20 Å². The quantitative estimate of drug-likeness (QED) is 0.785. The van der Waals surface area contributed by atoms with Crippen LogP contribution in [0.25, 0.3) is 0 Å². The van der Waals surface area contributed by atoms with Crippen molar-refractivity contribution in [3.63, 3.8) is 0 Å². The van der Waals surface area contributed by atoms with Crippen molar-refractivity contribution in [3.05, 3.63) is 26.6 Å². The van der Waals surface area contributed by atoms with Gasteiger partial charge in [0.1, 0.15) is 5.69 Å². The van der Waals surface area contributed by atoms with Gasteiger partial charge in [-0.1, -0.05) is 0 Å². The minimum atomic E-state index is -2.88. The molecule has 0 atom stereocenters. The lowest BCUT2D eigenvalue weighted by atomic mass is 10.3. The van der Waals surface area contributed by atoms with Crippen LogP contribution in [0.4, 0.5) is 8.78 Å². The molecule has 1 heterocycles. The molecule has 0 aliphatic heterocycles. The Kier molecular flexibility index (Phi) is 2.46. The summed E-state index contributed by atoms with van der Waals surface area (Å²) in [6.45, 7) is 0. The molecule has 2 N–H and O–H groups in total. The molecular formula is C6H4BrF2NO2. The van der Waals surface area contributed by atoms with Crippen molar-refractivity contribution in [2.24, 2.45) is 0 Å². The second-order valence-corrected chi connectivity index (χ2v) is 2.88. The number of nitrogens with one attached hydrogen (secondary N) is 1. The number of halogens is 3. The van der Waals surface area contributed by atoms with Crippen LogP contribution in [0.3, 0.4) is 0 Å². The summed E-state index contributed by atoms with van der Waals surface area (Å²) in [6.07, 6.45) is -1.82. The molecule has 1 aromatic rings. The highest BCUT2D eigenvalue weighted by Crippen LogP contribution is 2.23. The van der Waals surface area contributed by atoms with Crippen LogP contribution in [-0.2, 0) is 0 Å². The number of rotatable bonds is 1. The zero-order chi connectivity index (χ0) is 9.30. The number of hydrogen-bond acceptors (Lipinski definition) is 2. The molecule has 0 aliphatic rings. The van der Waals surface area contributed by atoms with Gasteiger partial charge in [0.2, 0.25) is 5.43 Å². The molecule has 0 radical (unpaired) electrons. The Labute approximate surface area is 74.2 Å². The summed E-state index contributed by atoms with van der Waals surface area (Å²) in [7, 11) is 0. The third kappa shape index (κ3) is 1.47. The number of aromatic nitrogens is 1. The van der Waals surface area contributed by atoms with E-state index in [0.29, 0.717) is 0 Å². The lowest BCUT2D eigenvalue weighted by Crippen LogP contribution is -2.06. The van der Waals surface area contributed by atoms with Gasteiger partial charge in [0.25, 0.3) is 6.43 Å². The molecule has 6 heteroatoms. The Hall–Kier alpha value is -0.910. The van der Waals surface area contributed by atoms with E-state index in [-0.39, 0.29) is 4.47 Å². The maximum Gasteiger partial charge on any atom is 0.282 e. The van der Waals surface area contributed by atoms with E-state index in [9.17, 15) is 13.6 Å². The number of aromatic amines is 1. The zero-order valence-corrected chi connectivity index (χ0v) is 7.23. The van der Waals surface area contributed by atoms with Gasteiger partial charge in [0.05, 0.1) is 4.47 Å². The molecule has 1 aromatic heterocycles. The number of alkyl halides is 2. The minimum absolute atomic E-state index is 0.0180. The Morgan fingerprint density at radius 1 is 1.58 bits per heavy atom. The summed E-state index contributed by atoms with van der Waals surface area (Å²) in [5, 5.41) is 8.90. The molecule has 0 saturated heterocycles. The van der Waals surface area contributed by atoms with E-state index in [0.717, 1.165) is 6.20 Å². The summed E-state index contributed by atoms with van der Waals surface area (Å²) in [5.41, 5.74) is -1.60. The first-order valence-corrected chi connectivity index (χ1v) is 3.71. The molecule has 0 unspecified atom stereocenters. The average Bonchev–Trinajstić information content (AvgIpc) is 2.00.